The molecule has 0 heterocycles. The molecule has 0 fully saturated rings. The monoisotopic (exact) mass is 360 g/mol. The lowest BCUT2D eigenvalue weighted by molar-refractivity contribution is -0.147. The molecule has 0 atom stereocenters. The minimum absolute atomic E-state index is 0.0535. The number of aliphatic hydroxyl groups excluding tert-OH is 1. The lowest BCUT2D eigenvalue weighted by Crippen LogP contribution is -2.18. The molecule has 26 heavy (non-hydrogen) atoms. The van der Waals surface area contributed by atoms with Gasteiger partial charge in [0.2, 0.25) is 0 Å². The summed E-state index contributed by atoms with van der Waals surface area (Å²) < 4.78 is 15.1. The van der Waals surface area contributed by atoms with Crippen LogP contribution in [0.25, 0.3) is 0 Å². The molecule has 0 aliphatic carbocycles. The summed E-state index contributed by atoms with van der Waals surface area (Å²) in [6.07, 6.45) is 0. The number of phenolic OH excluding ortho intramolecular Hbond substituents is 1. The van der Waals surface area contributed by atoms with E-state index in [2.05, 4.69) is 0 Å². The average molecular weight is 360 g/mol. The van der Waals surface area contributed by atoms with E-state index in [9.17, 15) is 14.7 Å². The third kappa shape index (κ3) is 5.87. The van der Waals surface area contributed by atoms with Gasteiger partial charge in [-0.25, -0.2) is 4.79 Å². The van der Waals surface area contributed by atoms with Crippen LogP contribution in [0, 0.1) is 0 Å². The quantitative estimate of drug-likeness (QED) is 0.376. The Labute approximate surface area is 150 Å². The van der Waals surface area contributed by atoms with Crippen molar-refractivity contribution in [2.24, 2.45) is 0 Å². The zero-order valence-electron chi connectivity index (χ0n) is 14.1. The van der Waals surface area contributed by atoms with Gasteiger partial charge in [0, 0.05) is 11.6 Å². The van der Waals surface area contributed by atoms with Crippen molar-refractivity contribution in [2.75, 3.05) is 33.0 Å². The van der Waals surface area contributed by atoms with Crippen LogP contribution in [0.4, 0.5) is 0 Å². The minimum Gasteiger partial charge on any atom is -0.507 e. The molecule has 2 aromatic rings. The molecule has 2 aromatic carbocycles. The number of hydrogen-bond donors (Lipinski definition) is 2. The highest BCUT2D eigenvalue weighted by Crippen LogP contribution is 2.25. The summed E-state index contributed by atoms with van der Waals surface area (Å²) in [7, 11) is 0. The summed E-state index contributed by atoms with van der Waals surface area (Å²) in [6, 6.07) is 12.8. The molecular weight excluding hydrogens is 340 g/mol. The first-order valence-corrected chi connectivity index (χ1v) is 8.01. The Kier molecular flexibility index (Phi) is 7.60. The van der Waals surface area contributed by atoms with Gasteiger partial charge in [0.25, 0.3) is 0 Å². The lowest BCUT2D eigenvalue weighted by atomic mass is 10.0. The van der Waals surface area contributed by atoms with Gasteiger partial charge < -0.3 is 24.4 Å². The Morgan fingerprint density at radius 1 is 0.962 bits per heavy atom. The largest absolute Gasteiger partial charge is 0.507 e. The van der Waals surface area contributed by atoms with Crippen LogP contribution in [-0.2, 0) is 14.3 Å². The predicted octanol–water partition coefficient (Wildman–Crippen LogP) is 1.55. The standard InChI is InChI=1S/C19H20O7/c20-8-9-24-10-11-25-18(22)13-26-15-6-7-16(17(21)12-15)19(23)14-4-2-1-3-5-14/h1-7,12,20-21H,8-11,13H2. The third-order valence-corrected chi connectivity index (χ3v) is 3.33. The van der Waals surface area contributed by atoms with Gasteiger partial charge in [0.1, 0.15) is 18.1 Å². The maximum absolute atomic E-state index is 12.3. The predicted molar refractivity (Wildman–Crippen MR) is 92.3 cm³/mol. The van der Waals surface area contributed by atoms with Crippen LogP contribution < -0.4 is 4.74 Å². The zero-order valence-corrected chi connectivity index (χ0v) is 14.1. The number of aromatic hydroxyl groups is 1. The number of esters is 1. The molecule has 0 radical (unpaired) electrons. The summed E-state index contributed by atoms with van der Waals surface area (Å²) >= 11 is 0. The van der Waals surface area contributed by atoms with E-state index in [1.54, 1.807) is 30.3 Å². The van der Waals surface area contributed by atoms with Crippen molar-refractivity contribution in [1.82, 2.24) is 0 Å². The Balaban J connectivity index is 1.85. The molecule has 0 aliphatic rings. The summed E-state index contributed by atoms with van der Waals surface area (Å²) in [6.45, 7) is -0.0164. The van der Waals surface area contributed by atoms with Gasteiger partial charge in [-0.15, -0.1) is 0 Å². The summed E-state index contributed by atoms with van der Waals surface area (Å²) in [5.74, 6) is -0.902. The fourth-order valence-electron chi connectivity index (χ4n) is 2.10. The molecule has 138 valence electrons. The van der Waals surface area contributed by atoms with Gasteiger partial charge in [-0.3, -0.25) is 4.79 Å². The maximum atomic E-state index is 12.3. The topological polar surface area (TPSA) is 102 Å². The van der Waals surface area contributed by atoms with Gasteiger partial charge in [-0.05, 0) is 12.1 Å². The van der Waals surface area contributed by atoms with Crippen LogP contribution in [-0.4, -0.2) is 55.0 Å². The Morgan fingerprint density at radius 2 is 1.73 bits per heavy atom. The second kappa shape index (κ2) is 10.2. The average Bonchev–Trinajstić information content (AvgIpc) is 2.66. The molecule has 2 N–H and O–H groups in total. The number of carbonyl (C=O) groups is 2. The van der Waals surface area contributed by atoms with E-state index in [-0.39, 0.29) is 55.9 Å². The van der Waals surface area contributed by atoms with E-state index < -0.39 is 5.97 Å². The van der Waals surface area contributed by atoms with Crippen LogP contribution in [0.1, 0.15) is 15.9 Å². The van der Waals surface area contributed by atoms with Gasteiger partial charge >= 0.3 is 5.97 Å². The van der Waals surface area contributed by atoms with Crippen LogP contribution >= 0.6 is 0 Å². The fraction of sp³-hybridized carbons (Fsp3) is 0.263. The number of phenols is 1. The van der Waals surface area contributed by atoms with Crippen molar-refractivity contribution in [2.45, 2.75) is 0 Å². The summed E-state index contributed by atoms with van der Waals surface area (Å²) in [5, 5.41) is 18.6. The van der Waals surface area contributed by atoms with E-state index in [0.717, 1.165) is 0 Å². The number of ketones is 1. The second-order valence-corrected chi connectivity index (χ2v) is 5.22. The number of hydrogen-bond acceptors (Lipinski definition) is 7. The molecule has 7 nitrogen and oxygen atoms in total. The van der Waals surface area contributed by atoms with Crippen molar-refractivity contribution < 1.29 is 34.0 Å². The SMILES string of the molecule is O=C(COc1ccc(C(=O)c2ccccc2)c(O)c1)OCCOCCO. The minimum atomic E-state index is -0.596. The molecule has 7 heteroatoms. The number of benzene rings is 2. The van der Waals surface area contributed by atoms with Crippen molar-refractivity contribution in [3.63, 3.8) is 0 Å². The lowest BCUT2D eigenvalue weighted by Gasteiger charge is -2.09. The molecule has 2 rings (SSSR count). The summed E-state index contributed by atoms with van der Waals surface area (Å²) in [4.78, 5) is 23.9. The first-order valence-electron chi connectivity index (χ1n) is 8.01. The molecule has 0 spiro atoms. The van der Waals surface area contributed by atoms with Crippen molar-refractivity contribution in [3.8, 4) is 11.5 Å². The molecule has 0 amide bonds. The van der Waals surface area contributed by atoms with Crippen LogP contribution in [0.5, 0.6) is 11.5 Å². The Bertz CT molecular complexity index is 728. The van der Waals surface area contributed by atoms with Gasteiger partial charge in [-0.2, -0.15) is 0 Å². The highest BCUT2D eigenvalue weighted by atomic mass is 16.6. The third-order valence-electron chi connectivity index (χ3n) is 3.33. The Morgan fingerprint density at radius 3 is 2.42 bits per heavy atom. The van der Waals surface area contributed by atoms with Crippen LogP contribution in [0.2, 0.25) is 0 Å². The second-order valence-electron chi connectivity index (χ2n) is 5.22. The van der Waals surface area contributed by atoms with Crippen molar-refractivity contribution >= 4 is 11.8 Å². The first-order chi connectivity index (χ1) is 12.6. The smallest absolute Gasteiger partial charge is 0.344 e. The molecule has 0 unspecified atom stereocenters. The van der Waals surface area contributed by atoms with Crippen molar-refractivity contribution in [3.05, 3.63) is 59.7 Å². The maximum Gasteiger partial charge on any atom is 0.344 e. The highest BCUT2D eigenvalue weighted by Gasteiger charge is 2.14. The number of carbonyl (C=O) groups excluding carboxylic acids is 2. The fourth-order valence-corrected chi connectivity index (χ4v) is 2.10. The number of aliphatic hydroxyl groups is 1. The van der Waals surface area contributed by atoms with E-state index in [4.69, 9.17) is 19.3 Å². The van der Waals surface area contributed by atoms with E-state index >= 15 is 0 Å². The summed E-state index contributed by atoms with van der Waals surface area (Å²) in [5.41, 5.74) is 0.607. The van der Waals surface area contributed by atoms with E-state index in [1.807, 2.05) is 0 Å². The molecule has 0 bridgehead atoms. The molecule has 0 saturated carbocycles. The van der Waals surface area contributed by atoms with E-state index in [0.29, 0.717) is 5.56 Å². The Hall–Kier alpha value is -2.90. The highest BCUT2D eigenvalue weighted by molar-refractivity contribution is 6.10. The number of ether oxygens (including phenoxy) is 3. The van der Waals surface area contributed by atoms with Gasteiger partial charge in [0.05, 0.1) is 25.4 Å². The molecule has 0 aromatic heterocycles. The normalized spacial score (nSPS) is 10.3. The van der Waals surface area contributed by atoms with Crippen LogP contribution in [0.3, 0.4) is 0 Å². The molecular formula is C19H20O7. The van der Waals surface area contributed by atoms with Gasteiger partial charge in [0.15, 0.2) is 12.4 Å². The van der Waals surface area contributed by atoms with Crippen LogP contribution in [0.15, 0.2) is 48.5 Å². The van der Waals surface area contributed by atoms with Crippen molar-refractivity contribution in [1.29, 1.82) is 0 Å². The first kappa shape index (κ1) is 19.4. The molecule has 0 saturated heterocycles. The zero-order chi connectivity index (χ0) is 18.8. The van der Waals surface area contributed by atoms with Gasteiger partial charge in [-0.1, -0.05) is 30.3 Å². The number of rotatable bonds is 10. The van der Waals surface area contributed by atoms with E-state index in [1.165, 1.54) is 18.2 Å². The molecule has 0 aliphatic heterocycles.